The van der Waals surface area contributed by atoms with Crippen LogP contribution in [-0.2, 0) is 0 Å². The predicted molar refractivity (Wildman–Crippen MR) is 91.9 cm³/mol. The smallest absolute Gasteiger partial charge is 0.201 e. The van der Waals surface area contributed by atoms with Crippen molar-refractivity contribution in [2.45, 2.75) is 25.9 Å². The summed E-state index contributed by atoms with van der Waals surface area (Å²) in [6, 6.07) is 11.7. The van der Waals surface area contributed by atoms with E-state index in [2.05, 4.69) is 0 Å². The third-order valence-electron chi connectivity index (χ3n) is 3.23. The molecule has 6 heteroatoms. The van der Waals surface area contributed by atoms with Gasteiger partial charge in [-0.05, 0) is 24.3 Å². The zero-order valence-corrected chi connectivity index (χ0v) is 13.7. The van der Waals surface area contributed by atoms with Gasteiger partial charge in [0.05, 0.1) is 11.1 Å². The second kappa shape index (κ2) is 8.24. The third-order valence-corrected chi connectivity index (χ3v) is 3.23. The molecule has 0 aliphatic carbocycles. The molecular weight excluding hydrogens is 308 g/mol. The Hall–Kier alpha value is -2.70. The molecule has 6 nitrogen and oxygen atoms in total. The van der Waals surface area contributed by atoms with E-state index in [1.807, 2.05) is 13.8 Å². The number of benzene rings is 2. The van der Waals surface area contributed by atoms with Crippen molar-refractivity contribution in [2.24, 2.45) is 11.5 Å². The number of aromatic hydroxyl groups is 2. The number of hydrogen-bond donors (Lipinski definition) is 4. The average Bonchev–Trinajstić information content (AvgIpc) is 2.56. The van der Waals surface area contributed by atoms with Crippen LogP contribution in [0.4, 0.5) is 0 Å². The fourth-order valence-corrected chi connectivity index (χ4v) is 2.07. The third kappa shape index (κ3) is 4.41. The van der Waals surface area contributed by atoms with Crippen LogP contribution in [0, 0.1) is 0 Å². The highest BCUT2D eigenvalue weighted by Gasteiger charge is 2.34. The van der Waals surface area contributed by atoms with E-state index in [1.54, 1.807) is 24.3 Å². The zero-order chi connectivity index (χ0) is 18.3. The molecular formula is C18H22N2O4. The summed E-state index contributed by atoms with van der Waals surface area (Å²) in [6.07, 6.45) is -0.502. The average molecular weight is 330 g/mol. The van der Waals surface area contributed by atoms with Gasteiger partial charge in [-0.25, -0.2) is 0 Å². The van der Waals surface area contributed by atoms with Crippen LogP contribution in [0.5, 0.6) is 11.5 Å². The number of Topliss-reactive ketones (excluding diaryl/α,β-unsaturated/α-hetero) is 2. The SMILES string of the molecule is CC.NC(N)(CC(=O)c1ccccc1O)C(=O)c1ccccc1O. The lowest BCUT2D eigenvalue weighted by Gasteiger charge is -2.22. The standard InChI is InChI=1S/C16H16N2O4.C2H6/c17-16(18,15(22)11-6-2-4-8-13(11)20)9-14(21)10-5-1-3-7-12(10)19;1-2/h1-8,19-20H,9,17-18H2;1-2H3. The lowest BCUT2D eigenvalue weighted by Crippen LogP contribution is -2.57. The second-order valence-electron chi connectivity index (χ2n) is 5.00. The molecule has 0 radical (unpaired) electrons. The van der Waals surface area contributed by atoms with Crippen molar-refractivity contribution in [3.63, 3.8) is 0 Å². The zero-order valence-electron chi connectivity index (χ0n) is 13.7. The number of nitrogens with two attached hydrogens (primary N) is 2. The molecule has 0 aromatic heterocycles. The normalized spacial score (nSPS) is 10.5. The Morgan fingerprint density at radius 3 is 1.75 bits per heavy atom. The molecule has 0 saturated carbocycles. The molecule has 0 saturated heterocycles. The first-order chi connectivity index (χ1) is 11.3. The van der Waals surface area contributed by atoms with Crippen LogP contribution in [0.3, 0.4) is 0 Å². The van der Waals surface area contributed by atoms with Gasteiger partial charge in [0.15, 0.2) is 5.78 Å². The minimum absolute atomic E-state index is 0.0351. The highest BCUT2D eigenvalue weighted by molar-refractivity contribution is 6.09. The van der Waals surface area contributed by atoms with Gasteiger partial charge < -0.3 is 21.7 Å². The molecule has 0 bridgehead atoms. The minimum Gasteiger partial charge on any atom is -0.507 e. The van der Waals surface area contributed by atoms with Gasteiger partial charge in [-0.15, -0.1) is 0 Å². The van der Waals surface area contributed by atoms with Crippen molar-refractivity contribution in [1.82, 2.24) is 0 Å². The van der Waals surface area contributed by atoms with Crippen LogP contribution in [0.2, 0.25) is 0 Å². The molecule has 0 aliphatic rings. The summed E-state index contributed by atoms with van der Waals surface area (Å²) in [4.78, 5) is 24.5. The number of para-hydroxylation sites is 2. The molecule has 24 heavy (non-hydrogen) atoms. The van der Waals surface area contributed by atoms with Crippen LogP contribution in [0.25, 0.3) is 0 Å². The first-order valence-corrected chi connectivity index (χ1v) is 7.54. The molecule has 2 aromatic carbocycles. The molecule has 128 valence electrons. The maximum Gasteiger partial charge on any atom is 0.201 e. The largest absolute Gasteiger partial charge is 0.507 e. The van der Waals surface area contributed by atoms with Crippen molar-refractivity contribution in [3.8, 4) is 11.5 Å². The van der Waals surface area contributed by atoms with Crippen molar-refractivity contribution in [3.05, 3.63) is 59.7 Å². The summed E-state index contributed by atoms with van der Waals surface area (Å²) in [5, 5.41) is 19.3. The molecule has 0 heterocycles. The van der Waals surface area contributed by atoms with E-state index in [0.29, 0.717) is 0 Å². The first kappa shape index (κ1) is 19.3. The predicted octanol–water partition coefficient (Wildman–Crippen LogP) is 2.19. The molecule has 0 atom stereocenters. The van der Waals surface area contributed by atoms with Gasteiger partial charge in [0.1, 0.15) is 17.2 Å². The van der Waals surface area contributed by atoms with Gasteiger partial charge >= 0.3 is 0 Å². The minimum atomic E-state index is -1.99. The van der Waals surface area contributed by atoms with Gasteiger partial charge in [-0.2, -0.15) is 0 Å². The second-order valence-corrected chi connectivity index (χ2v) is 5.00. The van der Waals surface area contributed by atoms with E-state index in [-0.39, 0.29) is 22.6 Å². The Bertz CT molecular complexity index is 726. The lowest BCUT2D eigenvalue weighted by molar-refractivity contribution is 0.0821. The molecule has 0 spiro atoms. The molecule has 0 unspecified atom stereocenters. The van der Waals surface area contributed by atoms with Gasteiger partial charge in [0, 0.05) is 6.42 Å². The van der Waals surface area contributed by atoms with Crippen molar-refractivity contribution < 1.29 is 19.8 Å². The molecule has 0 fully saturated rings. The van der Waals surface area contributed by atoms with E-state index in [9.17, 15) is 19.8 Å². The van der Waals surface area contributed by atoms with Gasteiger partial charge in [-0.3, -0.25) is 9.59 Å². The molecule has 0 amide bonds. The maximum atomic E-state index is 12.3. The fourth-order valence-electron chi connectivity index (χ4n) is 2.07. The lowest BCUT2D eigenvalue weighted by atomic mass is 9.91. The quantitative estimate of drug-likeness (QED) is 0.491. The van der Waals surface area contributed by atoms with E-state index < -0.39 is 23.7 Å². The fraction of sp³-hybridized carbons (Fsp3) is 0.222. The molecule has 6 N–H and O–H groups in total. The number of hydrogen-bond acceptors (Lipinski definition) is 6. The summed E-state index contributed by atoms with van der Waals surface area (Å²) < 4.78 is 0. The highest BCUT2D eigenvalue weighted by atomic mass is 16.3. The molecule has 2 aromatic rings. The van der Waals surface area contributed by atoms with E-state index in [1.165, 1.54) is 24.3 Å². The topological polar surface area (TPSA) is 127 Å². The Labute approximate surface area is 140 Å². The summed E-state index contributed by atoms with van der Waals surface area (Å²) in [5.41, 5.74) is 9.52. The molecule has 0 aliphatic heterocycles. The number of rotatable bonds is 5. The number of carbonyl (C=O) groups excluding carboxylic acids is 2. The summed E-state index contributed by atoms with van der Waals surface area (Å²) in [7, 11) is 0. The van der Waals surface area contributed by atoms with E-state index >= 15 is 0 Å². The Kier molecular flexibility index (Phi) is 6.64. The monoisotopic (exact) mass is 330 g/mol. The van der Waals surface area contributed by atoms with E-state index in [0.717, 1.165) is 0 Å². The van der Waals surface area contributed by atoms with Crippen molar-refractivity contribution in [1.29, 1.82) is 0 Å². The van der Waals surface area contributed by atoms with Crippen LogP contribution in [0.1, 0.15) is 41.0 Å². The van der Waals surface area contributed by atoms with Crippen LogP contribution in [-0.4, -0.2) is 27.4 Å². The number of phenolic OH excluding ortho intramolecular Hbond substituents is 2. The van der Waals surface area contributed by atoms with Gasteiger partial charge in [0.25, 0.3) is 0 Å². The summed E-state index contributed by atoms with van der Waals surface area (Å²) in [6.45, 7) is 4.00. The Balaban J connectivity index is 0.00000139. The maximum absolute atomic E-state index is 12.3. The van der Waals surface area contributed by atoms with Crippen molar-refractivity contribution in [2.75, 3.05) is 0 Å². The summed E-state index contributed by atoms with van der Waals surface area (Å²) in [5.74, 6) is -1.79. The first-order valence-electron chi connectivity index (χ1n) is 7.54. The summed E-state index contributed by atoms with van der Waals surface area (Å²) >= 11 is 0. The van der Waals surface area contributed by atoms with Gasteiger partial charge in [0.2, 0.25) is 5.78 Å². The highest BCUT2D eigenvalue weighted by Crippen LogP contribution is 2.23. The van der Waals surface area contributed by atoms with Crippen LogP contribution >= 0.6 is 0 Å². The van der Waals surface area contributed by atoms with Crippen molar-refractivity contribution >= 4 is 11.6 Å². The van der Waals surface area contributed by atoms with E-state index in [4.69, 9.17) is 11.5 Å². The number of ketones is 2. The van der Waals surface area contributed by atoms with Crippen LogP contribution < -0.4 is 11.5 Å². The van der Waals surface area contributed by atoms with Crippen LogP contribution in [0.15, 0.2) is 48.5 Å². The van der Waals surface area contributed by atoms with Gasteiger partial charge in [-0.1, -0.05) is 38.1 Å². The Morgan fingerprint density at radius 1 is 0.875 bits per heavy atom. The number of phenols is 2. The Morgan fingerprint density at radius 2 is 1.29 bits per heavy atom. The number of carbonyl (C=O) groups is 2. The molecule has 2 rings (SSSR count).